The van der Waals surface area contributed by atoms with E-state index in [1.165, 1.54) is 30.3 Å². The summed E-state index contributed by atoms with van der Waals surface area (Å²) in [4.78, 5) is 12.3. The maximum Gasteiger partial charge on any atom is 0.199 e. The zero-order valence-corrected chi connectivity index (χ0v) is 18.7. The highest BCUT2D eigenvalue weighted by molar-refractivity contribution is 8.10. The van der Waals surface area contributed by atoms with Crippen molar-refractivity contribution in [2.24, 2.45) is 5.92 Å². The molecule has 2 aliphatic rings. The van der Waals surface area contributed by atoms with Gasteiger partial charge in [-0.15, -0.1) is 0 Å². The van der Waals surface area contributed by atoms with Crippen LogP contribution in [0.15, 0.2) is 82.6 Å². The molecule has 0 bridgehead atoms. The van der Waals surface area contributed by atoms with Crippen molar-refractivity contribution in [1.82, 2.24) is 0 Å². The van der Waals surface area contributed by atoms with Crippen molar-refractivity contribution in [3.63, 3.8) is 0 Å². The molecule has 2 atom stereocenters. The van der Waals surface area contributed by atoms with Gasteiger partial charge in [-0.25, -0.2) is 16.8 Å². The van der Waals surface area contributed by atoms with E-state index in [-0.39, 0.29) is 41.4 Å². The fourth-order valence-electron chi connectivity index (χ4n) is 5.00. The van der Waals surface area contributed by atoms with E-state index in [0.717, 1.165) is 0 Å². The lowest BCUT2D eigenvalue weighted by Gasteiger charge is -2.41. The van der Waals surface area contributed by atoms with Crippen LogP contribution in [0.3, 0.4) is 0 Å². The van der Waals surface area contributed by atoms with E-state index < -0.39 is 35.3 Å². The van der Waals surface area contributed by atoms with Gasteiger partial charge in [0.2, 0.25) is 0 Å². The van der Waals surface area contributed by atoms with Gasteiger partial charge in [0.1, 0.15) is 0 Å². The quantitative estimate of drug-likeness (QED) is 0.656. The van der Waals surface area contributed by atoms with Gasteiger partial charge in [-0.2, -0.15) is 0 Å². The van der Waals surface area contributed by atoms with Crippen molar-refractivity contribution >= 4 is 25.5 Å². The summed E-state index contributed by atoms with van der Waals surface area (Å²) in [7, 11) is -8.82. The number of ketones is 1. The number of hydrogen-bond acceptors (Lipinski definition) is 6. The zero-order chi connectivity index (χ0) is 22.3. The van der Waals surface area contributed by atoms with E-state index in [2.05, 4.69) is 0 Å². The summed E-state index contributed by atoms with van der Waals surface area (Å²) < 4.78 is 60.2. The van der Waals surface area contributed by atoms with E-state index in [9.17, 15) is 21.6 Å². The Balaban J connectivity index is 2.05. The van der Waals surface area contributed by atoms with Gasteiger partial charge in [-0.1, -0.05) is 36.4 Å². The van der Waals surface area contributed by atoms with Crippen LogP contribution < -0.4 is 0 Å². The molecule has 2 aromatic rings. The molecular formula is C23H24O6S2. The summed E-state index contributed by atoms with van der Waals surface area (Å²) in [5.74, 6) is -1.37. The Labute approximate surface area is 182 Å². The highest BCUT2D eigenvalue weighted by Gasteiger charge is 2.70. The van der Waals surface area contributed by atoms with Gasteiger partial charge in [0.15, 0.2) is 29.5 Å². The normalized spacial score (nSPS) is 25.3. The minimum atomic E-state index is -4.41. The summed E-state index contributed by atoms with van der Waals surface area (Å²) >= 11 is 0. The molecule has 164 valence electrons. The Morgan fingerprint density at radius 2 is 1.39 bits per heavy atom. The summed E-state index contributed by atoms with van der Waals surface area (Å²) in [5, 5.41) is 0. The molecule has 0 spiro atoms. The molecule has 2 aromatic carbocycles. The number of carbonyl (C=O) groups is 1. The summed E-state index contributed by atoms with van der Waals surface area (Å²) in [6.07, 6.45) is 2.76. The number of carbonyl (C=O) groups excluding carboxylic acids is 1. The zero-order valence-electron chi connectivity index (χ0n) is 17.1. The minimum absolute atomic E-state index is 0.0798. The Bertz CT molecular complexity index is 1150. The molecule has 4 rings (SSSR count). The first-order valence-corrected chi connectivity index (χ1v) is 13.1. The number of hydrogen-bond donors (Lipinski definition) is 0. The first kappa shape index (κ1) is 21.9. The molecule has 0 aliphatic heterocycles. The molecule has 0 aromatic heterocycles. The van der Waals surface area contributed by atoms with Crippen LogP contribution in [0, 0.1) is 5.92 Å². The highest BCUT2D eigenvalue weighted by Crippen LogP contribution is 2.58. The van der Waals surface area contributed by atoms with E-state index in [1.807, 2.05) is 0 Å². The van der Waals surface area contributed by atoms with Crippen LogP contribution in [-0.4, -0.2) is 38.9 Å². The molecule has 0 unspecified atom stereocenters. The van der Waals surface area contributed by atoms with Gasteiger partial charge >= 0.3 is 0 Å². The molecule has 0 radical (unpaired) electrons. The third-order valence-corrected chi connectivity index (χ3v) is 12.3. The molecular weight excluding hydrogens is 436 g/mol. The van der Waals surface area contributed by atoms with E-state index >= 15 is 0 Å². The van der Waals surface area contributed by atoms with Crippen LogP contribution in [-0.2, 0) is 29.2 Å². The molecule has 8 heteroatoms. The fraction of sp³-hybridized carbons (Fsp3) is 0.348. The third-order valence-electron chi connectivity index (χ3n) is 6.37. The van der Waals surface area contributed by atoms with E-state index in [1.54, 1.807) is 49.4 Å². The number of sulfone groups is 2. The lowest BCUT2D eigenvalue weighted by atomic mass is 9.81. The second-order valence-corrected chi connectivity index (χ2v) is 12.6. The Morgan fingerprint density at radius 1 is 0.871 bits per heavy atom. The second-order valence-electron chi connectivity index (χ2n) is 7.89. The Hall–Kier alpha value is -2.29. The Morgan fingerprint density at radius 3 is 1.87 bits per heavy atom. The van der Waals surface area contributed by atoms with Crippen LogP contribution in [0.4, 0.5) is 0 Å². The van der Waals surface area contributed by atoms with E-state index in [4.69, 9.17) is 4.74 Å². The monoisotopic (exact) mass is 460 g/mol. The second kappa shape index (κ2) is 7.69. The maximum atomic E-state index is 14.1. The van der Waals surface area contributed by atoms with Gasteiger partial charge < -0.3 is 4.74 Å². The molecule has 1 saturated carbocycles. The number of benzene rings is 2. The van der Waals surface area contributed by atoms with Crippen molar-refractivity contribution in [3.8, 4) is 0 Å². The number of fused-ring (bicyclic) bond motifs is 1. The molecule has 2 aliphatic carbocycles. The smallest absolute Gasteiger partial charge is 0.199 e. The minimum Gasteiger partial charge on any atom is -0.371 e. The van der Waals surface area contributed by atoms with Crippen molar-refractivity contribution in [1.29, 1.82) is 0 Å². The molecule has 6 nitrogen and oxygen atoms in total. The van der Waals surface area contributed by atoms with Crippen LogP contribution >= 0.6 is 0 Å². The van der Waals surface area contributed by atoms with Crippen LogP contribution in [0.25, 0.3) is 0 Å². The van der Waals surface area contributed by atoms with Crippen LogP contribution in [0.1, 0.15) is 26.2 Å². The first-order valence-electron chi connectivity index (χ1n) is 10.2. The standard InChI is InChI=1S/C23H24O6S2/c1-2-29-22-14-13-18(24)17-21(22)23(16-15-22,30(25,26)19-9-5-3-6-10-19)31(27,28)20-11-7-4-8-12-20/h3-14,21H,2,15-17H2,1H3/t21-,22+/m0/s1. The van der Waals surface area contributed by atoms with Crippen molar-refractivity contribution in [3.05, 3.63) is 72.8 Å². The van der Waals surface area contributed by atoms with Gasteiger partial charge in [-0.3, -0.25) is 4.79 Å². The largest absolute Gasteiger partial charge is 0.371 e. The molecule has 0 amide bonds. The number of ether oxygens (including phenoxy) is 1. The van der Waals surface area contributed by atoms with Crippen molar-refractivity contribution < 1.29 is 26.4 Å². The molecule has 31 heavy (non-hydrogen) atoms. The first-order chi connectivity index (χ1) is 14.7. The topological polar surface area (TPSA) is 94.6 Å². The van der Waals surface area contributed by atoms with E-state index in [0.29, 0.717) is 0 Å². The van der Waals surface area contributed by atoms with Crippen molar-refractivity contribution in [2.75, 3.05) is 6.61 Å². The van der Waals surface area contributed by atoms with Crippen molar-refractivity contribution in [2.45, 2.75) is 45.7 Å². The summed E-state index contributed by atoms with van der Waals surface area (Å²) in [6, 6.07) is 15.2. The molecule has 0 saturated heterocycles. The maximum absolute atomic E-state index is 14.1. The van der Waals surface area contributed by atoms with Gasteiger partial charge in [0.05, 0.1) is 15.4 Å². The summed E-state index contributed by atoms with van der Waals surface area (Å²) in [5.41, 5.74) is -1.13. The molecule has 0 heterocycles. The SMILES string of the molecule is CCO[C@@]12C=CC(=O)C[C@@H]1C(S(=O)(=O)c1ccccc1)(S(=O)(=O)c1ccccc1)CC2. The third kappa shape index (κ3) is 3.11. The number of rotatable bonds is 6. The van der Waals surface area contributed by atoms with Gasteiger partial charge in [-0.05, 0) is 56.2 Å². The average Bonchev–Trinajstić information content (AvgIpc) is 3.12. The summed E-state index contributed by atoms with van der Waals surface area (Å²) in [6.45, 7) is 2.04. The Kier molecular flexibility index (Phi) is 5.44. The average molecular weight is 461 g/mol. The lowest BCUT2D eigenvalue weighted by Crippen LogP contribution is -2.55. The predicted octanol–water partition coefficient (Wildman–Crippen LogP) is 3.34. The van der Waals surface area contributed by atoms with Crippen LogP contribution in [0.2, 0.25) is 0 Å². The molecule has 0 N–H and O–H groups in total. The highest BCUT2D eigenvalue weighted by atomic mass is 32.3. The van der Waals surface area contributed by atoms with Gasteiger partial charge in [0, 0.05) is 18.9 Å². The fourth-order valence-corrected chi connectivity index (χ4v) is 10.6. The molecule has 1 fully saturated rings. The van der Waals surface area contributed by atoms with Crippen LogP contribution in [0.5, 0.6) is 0 Å². The lowest BCUT2D eigenvalue weighted by molar-refractivity contribution is -0.119. The number of allylic oxidation sites excluding steroid dienone is 1. The predicted molar refractivity (Wildman–Crippen MR) is 116 cm³/mol. The van der Waals surface area contributed by atoms with Gasteiger partial charge in [0.25, 0.3) is 0 Å².